The van der Waals surface area contributed by atoms with Gasteiger partial charge in [-0.15, -0.1) is 24.0 Å². The molecule has 0 aromatic rings. The van der Waals surface area contributed by atoms with E-state index in [4.69, 9.17) is 9.47 Å². The molecule has 0 saturated carbocycles. The zero-order valence-electron chi connectivity index (χ0n) is 15.6. The summed E-state index contributed by atoms with van der Waals surface area (Å²) < 4.78 is 11.7. The topological polar surface area (TPSA) is 46.1 Å². The van der Waals surface area contributed by atoms with Gasteiger partial charge in [0.25, 0.3) is 0 Å². The Labute approximate surface area is 165 Å². The van der Waals surface area contributed by atoms with Crippen molar-refractivity contribution in [3.8, 4) is 0 Å². The van der Waals surface area contributed by atoms with Gasteiger partial charge < -0.3 is 19.7 Å². The zero-order valence-corrected chi connectivity index (χ0v) is 18.0. The fourth-order valence-corrected chi connectivity index (χ4v) is 3.50. The highest BCUT2D eigenvalue weighted by Gasteiger charge is 2.32. The second-order valence-electron chi connectivity index (χ2n) is 6.75. The maximum absolute atomic E-state index is 5.94. The molecule has 2 saturated heterocycles. The van der Waals surface area contributed by atoms with E-state index in [0.717, 1.165) is 57.6 Å². The van der Waals surface area contributed by atoms with Crippen LogP contribution in [0.25, 0.3) is 0 Å². The van der Waals surface area contributed by atoms with E-state index in [2.05, 4.69) is 29.1 Å². The Morgan fingerprint density at radius 3 is 2.67 bits per heavy atom. The Morgan fingerprint density at radius 2 is 2.04 bits per heavy atom. The van der Waals surface area contributed by atoms with Crippen LogP contribution in [0.4, 0.5) is 0 Å². The van der Waals surface area contributed by atoms with Crippen LogP contribution in [0.2, 0.25) is 0 Å². The van der Waals surface area contributed by atoms with Gasteiger partial charge in [-0.05, 0) is 25.2 Å². The maximum atomic E-state index is 5.94. The molecule has 0 aromatic carbocycles. The first kappa shape index (κ1) is 22.0. The second-order valence-corrected chi connectivity index (χ2v) is 6.75. The normalized spacial score (nSPS) is 26.1. The van der Waals surface area contributed by atoms with Gasteiger partial charge in [-0.3, -0.25) is 4.99 Å². The maximum Gasteiger partial charge on any atom is 0.193 e. The molecule has 6 heteroatoms. The molecule has 0 radical (unpaired) electrons. The standard InChI is InChI=1S/C18H35N3O2.HI/c1-4-6-8-15(5-2)13-20-18(19-3)21-10-12-23-17(14-21)16-9-7-11-22-16;/h15-17H,4-14H2,1-3H3,(H,19,20);1H. The van der Waals surface area contributed by atoms with Crippen molar-refractivity contribution in [2.45, 2.75) is 64.6 Å². The number of morpholine rings is 1. The molecule has 2 aliphatic heterocycles. The minimum Gasteiger partial charge on any atom is -0.375 e. The Balaban J connectivity index is 0.00000288. The summed E-state index contributed by atoms with van der Waals surface area (Å²) >= 11 is 0. The molecule has 0 bridgehead atoms. The van der Waals surface area contributed by atoms with Gasteiger partial charge in [0.15, 0.2) is 5.96 Å². The molecule has 2 rings (SSSR count). The van der Waals surface area contributed by atoms with Gasteiger partial charge in [-0.1, -0.05) is 33.1 Å². The van der Waals surface area contributed by atoms with E-state index in [-0.39, 0.29) is 36.2 Å². The number of nitrogens with one attached hydrogen (secondary N) is 1. The Hall–Kier alpha value is -0.0800. The number of hydrogen-bond acceptors (Lipinski definition) is 3. The molecule has 0 amide bonds. The molecule has 0 spiro atoms. The molecule has 2 aliphatic rings. The third kappa shape index (κ3) is 6.67. The summed E-state index contributed by atoms with van der Waals surface area (Å²) in [4.78, 5) is 6.83. The number of halogens is 1. The van der Waals surface area contributed by atoms with Gasteiger partial charge in [0.1, 0.15) is 6.10 Å². The fraction of sp³-hybridized carbons (Fsp3) is 0.944. The highest BCUT2D eigenvalue weighted by Crippen LogP contribution is 2.21. The highest BCUT2D eigenvalue weighted by atomic mass is 127. The molecular formula is C18H36IN3O2. The van der Waals surface area contributed by atoms with Crippen LogP contribution in [0.3, 0.4) is 0 Å². The lowest BCUT2D eigenvalue weighted by Gasteiger charge is -2.37. The highest BCUT2D eigenvalue weighted by molar-refractivity contribution is 14.0. The third-order valence-electron chi connectivity index (χ3n) is 5.08. The first-order valence-electron chi connectivity index (χ1n) is 9.47. The van der Waals surface area contributed by atoms with E-state index in [9.17, 15) is 0 Å². The van der Waals surface area contributed by atoms with Crippen molar-refractivity contribution in [3.05, 3.63) is 0 Å². The van der Waals surface area contributed by atoms with Gasteiger partial charge in [-0.25, -0.2) is 0 Å². The number of unbranched alkanes of at least 4 members (excludes halogenated alkanes) is 1. The second kappa shape index (κ2) is 12.3. The Kier molecular flexibility index (Phi) is 11.3. The summed E-state index contributed by atoms with van der Waals surface area (Å²) in [7, 11) is 1.88. The average molecular weight is 453 g/mol. The number of hydrogen-bond donors (Lipinski definition) is 1. The molecule has 0 aliphatic carbocycles. The molecule has 2 heterocycles. The van der Waals surface area contributed by atoms with Crippen molar-refractivity contribution in [2.24, 2.45) is 10.9 Å². The number of rotatable bonds is 7. The van der Waals surface area contributed by atoms with Crippen LogP contribution in [-0.2, 0) is 9.47 Å². The Bertz CT molecular complexity index is 362. The summed E-state index contributed by atoms with van der Waals surface area (Å²) in [5, 5.41) is 3.59. The number of guanidine groups is 1. The first-order valence-corrected chi connectivity index (χ1v) is 9.47. The van der Waals surface area contributed by atoms with Crippen LogP contribution in [0.1, 0.15) is 52.4 Å². The van der Waals surface area contributed by atoms with Crippen LogP contribution in [0, 0.1) is 5.92 Å². The lowest BCUT2D eigenvalue weighted by atomic mass is 9.99. The van der Waals surface area contributed by atoms with Crippen molar-refractivity contribution in [2.75, 3.05) is 39.9 Å². The number of aliphatic imine (C=N–C) groups is 1. The number of nitrogens with zero attached hydrogens (tertiary/aromatic N) is 2. The van der Waals surface area contributed by atoms with E-state index < -0.39 is 0 Å². The lowest BCUT2D eigenvalue weighted by Crippen LogP contribution is -2.53. The molecule has 3 atom stereocenters. The van der Waals surface area contributed by atoms with Gasteiger partial charge in [0, 0.05) is 33.3 Å². The van der Waals surface area contributed by atoms with Crippen molar-refractivity contribution in [3.63, 3.8) is 0 Å². The molecule has 5 nitrogen and oxygen atoms in total. The zero-order chi connectivity index (χ0) is 16.5. The summed E-state index contributed by atoms with van der Waals surface area (Å²) in [6.07, 6.45) is 7.86. The van der Waals surface area contributed by atoms with Crippen molar-refractivity contribution in [1.82, 2.24) is 10.2 Å². The van der Waals surface area contributed by atoms with Crippen LogP contribution in [0.15, 0.2) is 4.99 Å². The van der Waals surface area contributed by atoms with Crippen LogP contribution >= 0.6 is 24.0 Å². The fourth-order valence-electron chi connectivity index (χ4n) is 3.50. The Morgan fingerprint density at radius 1 is 1.25 bits per heavy atom. The van der Waals surface area contributed by atoms with Crippen molar-refractivity contribution < 1.29 is 9.47 Å². The van der Waals surface area contributed by atoms with E-state index in [0.29, 0.717) is 0 Å². The third-order valence-corrected chi connectivity index (χ3v) is 5.08. The van der Waals surface area contributed by atoms with Gasteiger partial charge in [-0.2, -0.15) is 0 Å². The van der Waals surface area contributed by atoms with E-state index in [1.807, 2.05) is 7.05 Å². The molecule has 24 heavy (non-hydrogen) atoms. The minimum absolute atomic E-state index is 0. The quantitative estimate of drug-likeness (QED) is 0.365. The lowest BCUT2D eigenvalue weighted by molar-refractivity contribution is -0.0817. The summed E-state index contributed by atoms with van der Waals surface area (Å²) in [5.41, 5.74) is 0. The summed E-state index contributed by atoms with van der Waals surface area (Å²) in [6.45, 7) is 9.01. The van der Waals surface area contributed by atoms with Gasteiger partial charge in [0.05, 0.1) is 12.7 Å². The molecule has 2 fully saturated rings. The van der Waals surface area contributed by atoms with Crippen LogP contribution < -0.4 is 5.32 Å². The smallest absolute Gasteiger partial charge is 0.193 e. The molecule has 0 aromatic heterocycles. The average Bonchev–Trinajstić information content (AvgIpc) is 3.13. The molecule has 1 N–H and O–H groups in total. The summed E-state index contributed by atoms with van der Waals surface area (Å²) in [5.74, 6) is 1.76. The predicted octanol–water partition coefficient (Wildman–Crippen LogP) is 3.28. The van der Waals surface area contributed by atoms with Crippen LogP contribution in [-0.4, -0.2) is 63.0 Å². The monoisotopic (exact) mass is 453 g/mol. The van der Waals surface area contributed by atoms with E-state index in [1.165, 1.54) is 25.7 Å². The molecular weight excluding hydrogens is 417 g/mol. The van der Waals surface area contributed by atoms with E-state index in [1.54, 1.807) is 0 Å². The summed E-state index contributed by atoms with van der Waals surface area (Å²) in [6, 6.07) is 0. The van der Waals surface area contributed by atoms with Crippen LogP contribution in [0.5, 0.6) is 0 Å². The first-order chi connectivity index (χ1) is 11.3. The van der Waals surface area contributed by atoms with Crippen molar-refractivity contribution in [1.29, 1.82) is 0 Å². The molecule has 142 valence electrons. The number of ether oxygens (including phenoxy) is 2. The van der Waals surface area contributed by atoms with E-state index >= 15 is 0 Å². The SMILES string of the molecule is CCCCC(CC)CNC(=NC)N1CCOC(C2CCCO2)C1.I. The minimum atomic E-state index is 0. The largest absolute Gasteiger partial charge is 0.375 e. The predicted molar refractivity (Wildman–Crippen MR) is 110 cm³/mol. The van der Waals surface area contributed by atoms with Crippen molar-refractivity contribution >= 4 is 29.9 Å². The van der Waals surface area contributed by atoms with Gasteiger partial charge >= 0.3 is 0 Å². The van der Waals surface area contributed by atoms with Gasteiger partial charge in [0.2, 0.25) is 0 Å². The molecule has 3 unspecified atom stereocenters.